The van der Waals surface area contributed by atoms with Crippen LogP contribution in [0.25, 0.3) is 0 Å². The fourth-order valence-corrected chi connectivity index (χ4v) is 3.04. The molecule has 1 aromatic rings. The molecule has 2 amide bonds. The minimum absolute atomic E-state index is 0.0524. The van der Waals surface area contributed by atoms with Crippen molar-refractivity contribution < 1.29 is 23.5 Å². The predicted molar refractivity (Wildman–Crippen MR) is 81.3 cm³/mol. The van der Waals surface area contributed by atoms with Gasteiger partial charge < -0.3 is 14.9 Å². The van der Waals surface area contributed by atoms with Gasteiger partial charge in [0.05, 0.1) is 12.6 Å². The zero-order valence-corrected chi connectivity index (χ0v) is 13.4. The summed E-state index contributed by atoms with van der Waals surface area (Å²) in [6.45, 7) is -1.22. The van der Waals surface area contributed by atoms with Crippen molar-refractivity contribution in [3.05, 3.63) is 33.8 Å². The van der Waals surface area contributed by atoms with Gasteiger partial charge in [-0.15, -0.1) is 0 Å². The lowest BCUT2D eigenvalue weighted by atomic mass is 10.1. The summed E-state index contributed by atoms with van der Waals surface area (Å²) in [6.07, 6.45) is -2.46. The van der Waals surface area contributed by atoms with Crippen molar-refractivity contribution in [2.24, 2.45) is 0 Å². The van der Waals surface area contributed by atoms with Crippen molar-refractivity contribution >= 4 is 35.2 Å². The fourth-order valence-electron chi connectivity index (χ4n) is 2.56. The largest absolute Gasteiger partial charge is 0.480 e. The lowest BCUT2D eigenvalue weighted by molar-refractivity contribution is -0.137. The lowest BCUT2D eigenvalue weighted by Gasteiger charge is -2.23. The molecule has 1 unspecified atom stereocenters. The van der Waals surface area contributed by atoms with Gasteiger partial charge in [0.1, 0.15) is 6.54 Å². The Hall–Kier alpha value is -1.60. The van der Waals surface area contributed by atoms with Crippen LogP contribution in [-0.4, -0.2) is 59.0 Å². The second-order valence-corrected chi connectivity index (χ2v) is 6.04. The number of carboxylic acid groups (broad SMARTS) is 1. The number of carbonyl (C=O) groups is 2. The van der Waals surface area contributed by atoms with Crippen molar-refractivity contribution in [3.8, 4) is 0 Å². The predicted octanol–water partition coefficient (Wildman–Crippen LogP) is 2.99. The Morgan fingerprint density at radius 1 is 1.39 bits per heavy atom. The molecule has 0 aromatic heterocycles. The number of nitrogens with zero attached hydrogens (tertiary/aromatic N) is 2. The molecule has 1 saturated heterocycles. The van der Waals surface area contributed by atoms with Crippen LogP contribution in [0.4, 0.5) is 13.6 Å². The van der Waals surface area contributed by atoms with E-state index < -0.39 is 37.6 Å². The number of benzene rings is 1. The quantitative estimate of drug-likeness (QED) is 0.841. The van der Waals surface area contributed by atoms with Gasteiger partial charge in [-0.25, -0.2) is 13.6 Å². The van der Waals surface area contributed by atoms with Crippen LogP contribution in [0.2, 0.25) is 10.0 Å². The summed E-state index contributed by atoms with van der Waals surface area (Å²) in [5, 5.41) is 9.63. The molecule has 0 radical (unpaired) electrons. The van der Waals surface area contributed by atoms with E-state index in [4.69, 9.17) is 28.3 Å². The molecule has 23 heavy (non-hydrogen) atoms. The smallest absolute Gasteiger partial charge is 0.323 e. The molecule has 1 heterocycles. The van der Waals surface area contributed by atoms with Gasteiger partial charge in [0.25, 0.3) is 6.43 Å². The van der Waals surface area contributed by atoms with E-state index in [1.54, 1.807) is 12.1 Å². The number of carboxylic acids is 1. The average molecular weight is 367 g/mol. The number of amides is 2. The SMILES string of the molecule is O=C(O)CN1CC(Cc2ccc(Cl)cc2Cl)N(CC(F)F)C1=O. The topological polar surface area (TPSA) is 60.9 Å². The molecule has 5 nitrogen and oxygen atoms in total. The van der Waals surface area contributed by atoms with Gasteiger partial charge in [-0.1, -0.05) is 29.3 Å². The zero-order valence-electron chi connectivity index (χ0n) is 11.9. The monoisotopic (exact) mass is 366 g/mol. The molecule has 1 fully saturated rings. The van der Waals surface area contributed by atoms with Gasteiger partial charge in [0, 0.05) is 16.6 Å². The van der Waals surface area contributed by atoms with Crippen LogP contribution in [0, 0.1) is 0 Å². The minimum Gasteiger partial charge on any atom is -0.480 e. The van der Waals surface area contributed by atoms with Gasteiger partial charge in [0.2, 0.25) is 0 Å². The first-order chi connectivity index (χ1) is 10.8. The van der Waals surface area contributed by atoms with Crippen molar-refractivity contribution in [2.75, 3.05) is 19.6 Å². The molecular formula is C14H14Cl2F2N2O3. The van der Waals surface area contributed by atoms with E-state index in [1.807, 2.05) is 0 Å². The normalized spacial score (nSPS) is 18.1. The number of urea groups is 1. The molecule has 1 N–H and O–H groups in total. The lowest BCUT2D eigenvalue weighted by Crippen LogP contribution is -2.40. The maximum atomic E-state index is 12.7. The summed E-state index contributed by atoms with van der Waals surface area (Å²) in [5.41, 5.74) is 0.658. The first-order valence-electron chi connectivity index (χ1n) is 6.77. The highest BCUT2D eigenvalue weighted by Gasteiger charge is 2.39. The van der Waals surface area contributed by atoms with Crippen LogP contribution >= 0.6 is 23.2 Å². The van der Waals surface area contributed by atoms with E-state index >= 15 is 0 Å². The molecule has 9 heteroatoms. The van der Waals surface area contributed by atoms with Crippen LogP contribution in [0.1, 0.15) is 5.56 Å². The standard InChI is InChI=1S/C14H14Cl2F2N2O3/c15-9-2-1-8(11(16)4-9)3-10-5-19(7-13(21)22)14(23)20(10)6-12(17)18/h1-2,4,10,12H,3,5-7H2,(H,21,22). The molecular weight excluding hydrogens is 353 g/mol. The van der Waals surface area contributed by atoms with Crippen molar-refractivity contribution in [2.45, 2.75) is 18.9 Å². The second-order valence-electron chi connectivity index (χ2n) is 5.19. The van der Waals surface area contributed by atoms with Crippen LogP contribution in [0.15, 0.2) is 18.2 Å². The number of carbonyl (C=O) groups excluding carboxylic acids is 1. The number of alkyl halides is 2. The van der Waals surface area contributed by atoms with Crippen LogP contribution in [0.3, 0.4) is 0 Å². The highest BCUT2D eigenvalue weighted by molar-refractivity contribution is 6.35. The van der Waals surface area contributed by atoms with Gasteiger partial charge in [-0.05, 0) is 24.1 Å². The number of halogens is 4. The van der Waals surface area contributed by atoms with Crippen LogP contribution in [0.5, 0.6) is 0 Å². The number of rotatable bonds is 6. The Balaban J connectivity index is 2.19. The van der Waals surface area contributed by atoms with Crippen LogP contribution < -0.4 is 0 Å². The summed E-state index contributed by atoms with van der Waals surface area (Å²) in [6, 6.07) is 3.53. The zero-order chi connectivity index (χ0) is 17.1. The molecule has 1 atom stereocenters. The maximum absolute atomic E-state index is 12.7. The summed E-state index contributed by atoms with van der Waals surface area (Å²) in [4.78, 5) is 24.9. The number of hydrogen-bond donors (Lipinski definition) is 1. The molecule has 2 rings (SSSR count). The molecule has 0 bridgehead atoms. The molecule has 0 spiro atoms. The third-order valence-electron chi connectivity index (χ3n) is 3.52. The fraction of sp³-hybridized carbons (Fsp3) is 0.429. The Kier molecular flexibility index (Phi) is 5.64. The molecule has 0 aliphatic carbocycles. The number of aliphatic carboxylic acids is 1. The highest BCUT2D eigenvalue weighted by atomic mass is 35.5. The summed E-state index contributed by atoms with van der Waals surface area (Å²) in [5.74, 6) is -1.19. The second kappa shape index (κ2) is 7.31. The molecule has 1 aliphatic heterocycles. The van der Waals surface area contributed by atoms with Crippen molar-refractivity contribution in [3.63, 3.8) is 0 Å². The van der Waals surface area contributed by atoms with Gasteiger partial charge in [-0.2, -0.15) is 0 Å². The van der Waals surface area contributed by atoms with Gasteiger partial charge >= 0.3 is 12.0 Å². The maximum Gasteiger partial charge on any atom is 0.323 e. The highest BCUT2D eigenvalue weighted by Crippen LogP contribution is 2.26. The van der Waals surface area contributed by atoms with E-state index in [0.717, 1.165) is 9.80 Å². The first kappa shape index (κ1) is 17.7. The van der Waals surface area contributed by atoms with E-state index in [2.05, 4.69) is 0 Å². The van der Waals surface area contributed by atoms with Crippen LogP contribution in [-0.2, 0) is 11.2 Å². The summed E-state index contributed by atoms with van der Waals surface area (Å²) in [7, 11) is 0. The number of hydrogen-bond acceptors (Lipinski definition) is 2. The van der Waals surface area contributed by atoms with Crippen molar-refractivity contribution in [1.29, 1.82) is 0 Å². The minimum atomic E-state index is -2.70. The molecule has 1 aliphatic rings. The van der Waals surface area contributed by atoms with E-state index in [-0.39, 0.29) is 13.0 Å². The first-order valence-corrected chi connectivity index (χ1v) is 7.53. The Morgan fingerprint density at radius 3 is 2.65 bits per heavy atom. The molecule has 1 aromatic carbocycles. The average Bonchev–Trinajstić information content (AvgIpc) is 2.69. The Labute approximate surface area is 141 Å². The van der Waals surface area contributed by atoms with E-state index in [0.29, 0.717) is 15.6 Å². The Morgan fingerprint density at radius 2 is 2.09 bits per heavy atom. The van der Waals surface area contributed by atoms with Crippen molar-refractivity contribution in [1.82, 2.24) is 9.80 Å². The molecule has 126 valence electrons. The van der Waals surface area contributed by atoms with E-state index in [1.165, 1.54) is 6.07 Å². The summed E-state index contributed by atoms with van der Waals surface area (Å²) < 4.78 is 25.4. The third-order valence-corrected chi connectivity index (χ3v) is 4.11. The van der Waals surface area contributed by atoms with Gasteiger partial charge in [-0.3, -0.25) is 4.79 Å². The molecule has 0 saturated carbocycles. The Bertz CT molecular complexity index is 616. The third kappa shape index (κ3) is 4.45. The summed E-state index contributed by atoms with van der Waals surface area (Å²) >= 11 is 11.9. The van der Waals surface area contributed by atoms with E-state index in [9.17, 15) is 18.4 Å². The van der Waals surface area contributed by atoms with Gasteiger partial charge in [0.15, 0.2) is 0 Å².